The molecule has 0 aliphatic heterocycles. The highest BCUT2D eigenvalue weighted by Gasteiger charge is 2.13. The molecule has 0 aromatic heterocycles. The molecule has 102 valence electrons. The fourth-order valence-electron chi connectivity index (χ4n) is 1.54. The Hall–Kier alpha value is -1.11. The lowest BCUT2D eigenvalue weighted by molar-refractivity contribution is 0.586. The van der Waals surface area contributed by atoms with Gasteiger partial charge >= 0.3 is 0 Å². The first-order chi connectivity index (χ1) is 8.50. The Morgan fingerprint density at radius 3 is 2.56 bits per heavy atom. The molecule has 0 amide bonds. The molecule has 0 radical (unpaired) electrons. The van der Waals surface area contributed by atoms with Gasteiger partial charge in [0.15, 0.2) is 0 Å². The second-order valence-electron chi connectivity index (χ2n) is 4.10. The van der Waals surface area contributed by atoms with Gasteiger partial charge in [0.25, 0.3) is 10.2 Å². The molecule has 1 unspecified atom stereocenters. The topological polar surface area (TPSA) is 70.2 Å². The van der Waals surface area contributed by atoms with Gasteiger partial charge in [-0.25, -0.2) is 0 Å². The summed E-state index contributed by atoms with van der Waals surface area (Å²) in [4.78, 5) is 0. The summed E-state index contributed by atoms with van der Waals surface area (Å²) in [7, 11) is -1.65. The standard InChI is InChI=1S/C12H21N3O2S/c1-4-9-14-18(16,17)15-12-8-6-5-7-11(12)10(2)13-3/h5-8,10,13-15H,4,9H2,1-3H3. The predicted octanol–water partition coefficient (Wildman–Crippen LogP) is 1.62. The van der Waals surface area contributed by atoms with E-state index < -0.39 is 10.2 Å². The molecule has 5 nitrogen and oxygen atoms in total. The third kappa shape index (κ3) is 4.29. The highest BCUT2D eigenvalue weighted by molar-refractivity contribution is 7.90. The van der Waals surface area contributed by atoms with Crippen molar-refractivity contribution in [3.8, 4) is 0 Å². The average Bonchev–Trinajstić information content (AvgIpc) is 2.36. The lowest BCUT2D eigenvalue weighted by Crippen LogP contribution is -2.31. The third-order valence-corrected chi connectivity index (χ3v) is 3.72. The van der Waals surface area contributed by atoms with Crippen molar-refractivity contribution in [2.75, 3.05) is 18.3 Å². The van der Waals surface area contributed by atoms with Crippen molar-refractivity contribution in [3.63, 3.8) is 0 Å². The van der Waals surface area contributed by atoms with Crippen LogP contribution in [0.5, 0.6) is 0 Å². The maximum absolute atomic E-state index is 11.8. The molecular formula is C12H21N3O2S. The Bertz CT molecular complexity index is 474. The van der Waals surface area contributed by atoms with E-state index in [9.17, 15) is 8.42 Å². The van der Waals surface area contributed by atoms with Gasteiger partial charge in [-0.1, -0.05) is 25.1 Å². The smallest absolute Gasteiger partial charge is 0.299 e. The normalized spacial score (nSPS) is 13.3. The Balaban J connectivity index is 2.90. The molecule has 0 saturated carbocycles. The summed E-state index contributed by atoms with van der Waals surface area (Å²) in [5.41, 5.74) is 1.52. The zero-order chi connectivity index (χ0) is 13.6. The number of hydrogen-bond donors (Lipinski definition) is 3. The quantitative estimate of drug-likeness (QED) is 0.706. The van der Waals surface area contributed by atoms with E-state index in [1.165, 1.54) is 0 Å². The molecule has 0 saturated heterocycles. The van der Waals surface area contributed by atoms with E-state index in [0.29, 0.717) is 12.2 Å². The summed E-state index contributed by atoms with van der Waals surface area (Å²) in [6.45, 7) is 4.32. The van der Waals surface area contributed by atoms with Crippen molar-refractivity contribution in [2.24, 2.45) is 0 Å². The summed E-state index contributed by atoms with van der Waals surface area (Å²) in [6, 6.07) is 7.44. The van der Waals surface area contributed by atoms with Crippen LogP contribution in [0.4, 0.5) is 5.69 Å². The van der Waals surface area contributed by atoms with Crippen molar-refractivity contribution in [3.05, 3.63) is 29.8 Å². The molecule has 1 aromatic rings. The molecule has 0 heterocycles. The first-order valence-electron chi connectivity index (χ1n) is 6.03. The second kappa shape index (κ2) is 6.72. The Labute approximate surface area is 109 Å². The van der Waals surface area contributed by atoms with Crippen LogP contribution in [0.25, 0.3) is 0 Å². The van der Waals surface area contributed by atoms with Crippen molar-refractivity contribution in [1.82, 2.24) is 10.0 Å². The van der Waals surface area contributed by atoms with Crippen LogP contribution in [0, 0.1) is 0 Å². The minimum atomic E-state index is -3.49. The number of rotatable bonds is 7. The van der Waals surface area contributed by atoms with Gasteiger partial charge in [0, 0.05) is 12.6 Å². The fraction of sp³-hybridized carbons (Fsp3) is 0.500. The average molecular weight is 271 g/mol. The van der Waals surface area contributed by atoms with E-state index in [1.54, 1.807) is 6.07 Å². The van der Waals surface area contributed by atoms with Crippen LogP contribution < -0.4 is 14.8 Å². The van der Waals surface area contributed by atoms with Crippen LogP contribution in [0.3, 0.4) is 0 Å². The third-order valence-electron chi connectivity index (χ3n) is 2.65. The molecule has 0 bridgehead atoms. The molecular weight excluding hydrogens is 250 g/mol. The largest absolute Gasteiger partial charge is 0.313 e. The van der Waals surface area contributed by atoms with Crippen molar-refractivity contribution >= 4 is 15.9 Å². The minimum Gasteiger partial charge on any atom is -0.313 e. The molecule has 18 heavy (non-hydrogen) atoms. The summed E-state index contributed by atoms with van der Waals surface area (Å²) < 4.78 is 28.6. The predicted molar refractivity (Wildman–Crippen MR) is 74.8 cm³/mol. The summed E-state index contributed by atoms with van der Waals surface area (Å²) >= 11 is 0. The van der Waals surface area contributed by atoms with Gasteiger partial charge < -0.3 is 5.32 Å². The van der Waals surface area contributed by atoms with Crippen LogP contribution in [0.15, 0.2) is 24.3 Å². The van der Waals surface area contributed by atoms with Crippen molar-refractivity contribution < 1.29 is 8.42 Å². The maximum Gasteiger partial charge on any atom is 0.299 e. The van der Waals surface area contributed by atoms with Gasteiger partial charge in [-0.05, 0) is 32.0 Å². The number of nitrogens with one attached hydrogen (secondary N) is 3. The molecule has 3 N–H and O–H groups in total. The molecule has 0 aliphatic carbocycles. The SMILES string of the molecule is CCCNS(=O)(=O)Nc1ccccc1C(C)NC. The molecule has 0 fully saturated rings. The second-order valence-corrected chi connectivity index (χ2v) is 5.60. The Morgan fingerprint density at radius 2 is 1.94 bits per heavy atom. The lowest BCUT2D eigenvalue weighted by Gasteiger charge is -2.17. The lowest BCUT2D eigenvalue weighted by atomic mass is 10.1. The number of benzene rings is 1. The molecule has 1 rings (SSSR count). The van der Waals surface area contributed by atoms with E-state index >= 15 is 0 Å². The number of para-hydroxylation sites is 1. The van der Waals surface area contributed by atoms with E-state index in [4.69, 9.17) is 0 Å². The molecule has 1 aromatic carbocycles. The Kier molecular flexibility index (Phi) is 5.58. The molecule has 6 heteroatoms. The van der Waals surface area contributed by atoms with E-state index in [-0.39, 0.29) is 6.04 Å². The first kappa shape index (κ1) is 14.9. The van der Waals surface area contributed by atoms with Crippen LogP contribution in [-0.2, 0) is 10.2 Å². The van der Waals surface area contributed by atoms with E-state index in [0.717, 1.165) is 12.0 Å². The van der Waals surface area contributed by atoms with E-state index in [2.05, 4.69) is 14.8 Å². The maximum atomic E-state index is 11.8. The summed E-state index contributed by atoms with van der Waals surface area (Å²) in [6.07, 6.45) is 0.759. The summed E-state index contributed by atoms with van der Waals surface area (Å²) in [5.74, 6) is 0. The molecule has 0 spiro atoms. The molecule has 0 aliphatic rings. The zero-order valence-electron chi connectivity index (χ0n) is 11.0. The van der Waals surface area contributed by atoms with E-state index in [1.807, 2.05) is 39.1 Å². The van der Waals surface area contributed by atoms with Gasteiger partial charge in [-0.2, -0.15) is 13.1 Å². The van der Waals surface area contributed by atoms with Gasteiger partial charge in [0.2, 0.25) is 0 Å². The first-order valence-corrected chi connectivity index (χ1v) is 7.52. The summed E-state index contributed by atoms with van der Waals surface area (Å²) in [5, 5.41) is 3.10. The number of hydrogen-bond acceptors (Lipinski definition) is 3. The highest BCUT2D eigenvalue weighted by atomic mass is 32.2. The number of anilines is 1. The van der Waals surface area contributed by atoms with Gasteiger partial charge in [0.05, 0.1) is 5.69 Å². The molecule has 1 atom stereocenters. The van der Waals surface area contributed by atoms with Crippen LogP contribution in [0.2, 0.25) is 0 Å². The zero-order valence-corrected chi connectivity index (χ0v) is 11.8. The Morgan fingerprint density at radius 1 is 1.28 bits per heavy atom. The van der Waals surface area contributed by atoms with Crippen LogP contribution in [-0.4, -0.2) is 22.0 Å². The minimum absolute atomic E-state index is 0.0788. The fourth-order valence-corrected chi connectivity index (χ4v) is 2.56. The van der Waals surface area contributed by atoms with Gasteiger partial charge in [0.1, 0.15) is 0 Å². The van der Waals surface area contributed by atoms with Crippen LogP contribution in [0.1, 0.15) is 31.9 Å². The highest BCUT2D eigenvalue weighted by Crippen LogP contribution is 2.22. The van der Waals surface area contributed by atoms with Crippen LogP contribution >= 0.6 is 0 Å². The monoisotopic (exact) mass is 271 g/mol. The van der Waals surface area contributed by atoms with Crippen molar-refractivity contribution in [2.45, 2.75) is 26.3 Å². The van der Waals surface area contributed by atoms with Crippen molar-refractivity contribution in [1.29, 1.82) is 0 Å². The van der Waals surface area contributed by atoms with Gasteiger partial charge in [-0.3, -0.25) is 4.72 Å². The van der Waals surface area contributed by atoms with Gasteiger partial charge in [-0.15, -0.1) is 0 Å².